The van der Waals surface area contributed by atoms with E-state index in [4.69, 9.17) is 4.42 Å². The van der Waals surface area contributed by atoms with E-state index in [0.717, 1.165) is 21.5 Å². The van der Waals surface area contributed by atoms with Gasteiger partial charge in [0.1, 0.15) is 5.82 Å². The fraction of sp³-hybridized carbons (Fsp3) is 0.0769. The van der Waals surface area contributed by atoms with Crippen molar-refractivity contribution >= 4 is 38.5 Å². The van der Waals surface area contributed by atoms with Crippen molar-refractivity contribution in [3.63, 3.8) is 0 Å². The van der Waals surface area contributed by atoms with Crippen molar-refractivity contribution < 1.29 is 4.42 Å². The summed E-state index contributed by atoms with van der Waals surface area (Å²) in [6, 6.07) is 7.36. The van der Waals surface area contributed by atoms with Gasteiger partial charge in [0.25, 0.3) is 0 Å². The van der Waals surface area contributed by atoms with E-state index < -0.39 is 5.76 Å². The summed E-state index contributed by atoms with van der Waals surface area (Å²) in [4.78, 5) is 18.0. The number of pyridine rings is 1. The molecule has 0 unspecified atom stereocenters. The van der Waals surface area contributed by atoms with Gasteiger partial charge in [0, 0.05) is 16.4 Å². The molecular weight excluding hydrogens is 310 g/mol. The lowest BCUT2D eigenvalue weighted by Crippen LogP contribution is -1.96. The minimum absolute atomic E-state index is 0.454. The number of H-pyrrole nitrogens is 1. The fourth-order valence-corrected chi connectivity index (χ4v) is 2.28. The zero-order valence-corrected chi connectivity index (χ0v) is 11.6. The Hall–Kier alpha value is -2.08. The van der Waals surface area contributed by atoms with Crippen LogP contribution in [0.1, 0.15) is 5.56 Å². The van der Waals surface area contributed by atoms with E-state index in [1.807, 2.05) is 25.1 Å². The lowest BCUT2D eigenvalue weighted by Gasteiger charge is -2.08. The molecule has 96 valence electrons. The van der Waals surface area contributed by atoms with Gasteiger partial charge < -0.3 is 9.73 Å². The van der Waals surface area contributed by atoms with Crippen LogP contribution in [0, 0.1) is 6.92 Å². The molecule has 2 N–H and O–H groups in total. The standard InChI is InChI=1S/C13H10BrN3O2/c1-7-4-8(14)6-15-12(7)16-9-2-3-11-10(5-9)17-13(18)19-11/h2-6H,1H3,(H,15,16)(H,17,18). The number of nitrogens with one attached hydrogen (secondary N) is 2. The van der Waals surface area contributed by atoms with Gasteiger partial charge in [-0.1, -0.05) is 0 Å². The van der Waals surface area contributed by atoms with Crippen molar-refractivity contribution in [3.05, 3.63) is 51.0 Å². The van der Waals surface area contributed by atoms with E-state index in [0.29, 0.717) is 11.1 Å². The van der Waals surface area contributed by atoms with Crippen LogP contribution in [0.3, 0.4) is 0 Å². The number of fused-ring (bicyclic) bond motifs is 1. The highest BCUT2D eigenvalue weighted by atomic mass is 79.9. The highest BCUT2D eigenvalue weighted by Crippen LogP contribution is 2.23. The number of anilines is 2. The van der Waals surface area contributed by atoms with Gasteiger partial charge >= 0.3 is 5.76 Å². The van der Waals surface area contributed by atoms with Crippen LogP contribution < -0.4 is 11.1 Å². The average molecular weight is 320 g/mol. The van der Waals surface area contributed by atoms with Gasteiger partial charge in [0.2, 0.25) is 0 Å². The van der Waals surface area contributed by atoms with Crippen LogP contribution in [0.5, 0.6) is 0 Å². The van der Waals surface area contributed by atoms with Crippen LogP contribution in [0.2, 0.25) is 0 Å². The van der Waals surface area contributed by atoms with Gasteiger partial charge in [-0.25, -0.2) is 9.78 Å². The Morgan fingerprint density at radius 2 is 2.21 bits per heavy atom. The summed E-state index contributed by atoms with van der Waals surface area (Å²) in [6.45, 7) is 1.97. The van der Waals surface area contributed by atoms with Gasteiger partial charge in [-0.15, -0.1) is 0 Å². The molecule has 0 saturated heterocycles. The molecular formula is C13H10BrN3O2. The lowest BCUT2D eigenvalue weighted by atomic mass is 10.2. The van der Waals surface area contributed by atoms with E-state index in [1.54, 1.807) is 12.3 Å². The van der Waals surface area contributed by atoms with Crippen molar-refractivity contribution in [1.82, 2.24) is 9.97 Å². The van der Waals surface area contributed by atoms with Crippen LogP contribution in [-0.2, 0) is 0 Å². The monoisotopic (exact) mass is 319 g/mol. The Morgan fingerprint density at radius 3 is 3.00 bits per heavy atom. The largest absolute Gasteiger partial charge is 0.417 e. The van der Waals surface area contributed by atoms with E-state index >= 15 is 0 Å². The van der Waals surface area contributed by atoms with E-state index in [9.17, 15) is 4.79 Å². The molecule has 0 atom stereocenters. The molecule has 0 aliphatic carbocycles. The Balaban J connectivity index is 1.98. The number of hydrogen-bond acceptors (Lipinski definition) is 4. The smallest absolute Gasteiger partial charge is 0.408 e. The Bertz CT molecular complexity index is 807. The second kappa shape index (κ2) is 4.55. The summed E-state index contributed by atoms with van der Waals surface area (Å²) in [6.07, 6.45) is 1.73. The summed E-state index contributed by atoms with van der Waals surface area (Å²) in [5, 5.41) is 3.21. The molecule has 0 aliphatic rings. The van der Waals surface area contributed by atoms with E-state index in [2.05, 4.69) is 31.2 Å². The molecule has 0 spiro atoms. The van der Waals surface area contributed by atoms with Crippen molar-refractivity contribution in [2.75, 3.05) is 5.32 Å². The second-order valence-electron chi connectivity index (χ2n) is 4.17. The molecule has 2 heterocycles. The lowest BCUT2D eigenvalue weighted by molar-refractivity contribution is 0.555. The van der Waals surface area contributed by atoms with Crippen LogP contribution >= 0.6 is 15.9 Å². The van der Waals surface area contributed by atoms with Crippen LogP contribution in [-0.4, -0.2) is 9.97 Å². The molecule has 0 fully saturated rings. The predicted molar refractivity (Wildman–Crippen MR) is 76.8 cm³/mol. The molecule has 3 rings (SSSR count). The number of benzene rings is 1. The first kappa shape index (κ1) is 12.0. The molecule has 3 aromatic rings. The first-order chi connectivity index (χ1) is 9.11. The van der Waals surface area contributed by atoms with Gasteiger partial charge in [-0.2, -0.15) is 0 Å². The minimum atomic E-state index is -0.454. The van der Waals surface area contributed by atoms with E-state index in [-0.39, 0.29) is 0 Å². The maximum absolute atomic E-state index is 11.1. The maximum Gasteiger partial charge on any atom is 0.417 e. The van der Waals surface area contributed by atoms with Gasteiger partial charge in [-0.05, 0) is 52.7 Å². The Kier molecular flexibility index (Phi) is 2.87. The summed E-state index contributed by atoms with van der Waals surface area (Å²) >= 11 is 3.37. The summed E-state index contributed by atoms with van der Waals surface area (Å²) in [7, 11) is 0. The van der Waals surface area contributed by atoms with Crippen molar-refractivity contribution in [2.45, 2.75) is 6.92 Å². The molecule has 19 heavy (non-hydrogen) atoms. The number of halogens is 1. The van der Waals surface area contributed by atoms with Crippen molar-refractivity contribution in [1.29, 1.82) is 0 Å². The summed E-state index contributed by atoms with van der Waals surface area (Å²) < 4.78 is 5.89. The molecule has 0 saturated carbocycles. The molecule has 6 heteroatoms. The van der Waals surface area contributed by atoms with Crippen LogP contribution in [0.25, 0.3) is 11.1 Å². The number of aryl methyl sites for hydroxylation is 1. The molecule has 0 aliphatic heterocycles. The van der Waals surface area contributed by atoms with Gasteiger partial charge in [-0.3, -0.25) is 4.98 Å². The molecule has 2 aromatic heterocycles. The SMILES string of the molecule is Cc1cc(Br)cnc1Nc1ccc2oc(=O)[nH]c2c1. The Morgan fingerprint density at radius 1 is 1.37 bits per heavy atom. The third kappa shape index (κ3) is 2.39. The number of hydrogen-bond donors (Lipinski definition) is 2. The first-order valence-electron chi connectivity index (χ1n) is 5.64. The highest BCUT2D eigenvalue weighted by Gasteiger charge is 2.05. The highest BCUT2D eigenvalue weighted by molar-refractivity contribution is 9.10. The third-order valence-corrected chi connectivity index (χ3v) is 3.16. The fourth-order valence-electron chi connectivity index (χ4n) is 1.84. The molecule has 5 nitrogen and oxygen atoms in total. The van der Waals surface area contributed by atoms with Gasteiger partial charge in [0.15, 0.2) is 5.58 Å². The molecule has 0 amide bonds. The number of oxazole rings is 1. The minimum Gasteiger partial charge on any atom is -0.408 e. The normalized spacial score (nSPS) is 10.8. The zero-order valence-electron chi connectivity index (χ0n) is 10.0. The topological polar surface area (TPSA) is 70.9 Å². The number of rotatable bonds is 2. The van der Waals surface area contributed by atoms with Crippen molar-refractivity contribution in [3.8, 4) is 0 Å². The molecule has 0 bridgehead atoms. The quantitative estimate of drug-likeness (QED) is 0.760. The third-order valence-electron chi connectivity index (χ3n) is 2.73. The predicted octanol–water partition coefficient (Wildman–Crippen LogP) is 3.33. The van der Waals surface area contributed by atoms with Crippen LogP contribution in [0.15, 0.2) is 44.1 Å². The van der Waals surface area contributed by atoms with Gasteiger partial charge in [0.05, 0.1) is 5.52 Å². The number of aromatic amines is 1. The molecule has 1 aromatic carbocycles. The summed E-state index contributed by atoms with van der Waals surface area (Å²) in [5.74, 6) is 0.318. The Labute approximate surface area is 116 Å². The molecule has 0 radical (unpaired) electrons. The van der Waals surface area contributed by atoms with Crippen LogP contribution in [0.4, 0.5) is 11.5 Å². The van der Waals surface area contributed by atoms with E-state index in [1.165, 1.54) is 0 Å². The average Bonchev–Trinajstić information content (AvgIpc) is 2.72. The summed E-state index contributed by atoms with van der Waals surface area (Å²) in [5.41, 5.74) is 3.05. The first-order valence-corrected chi connectivity index (χ1v) is 6.43. The number of nitrogens with zero attached hydrogens (tertiary/aromatic N) is 1. The second-order valence-corrected chi connectivity index (χ2v) is 5.09. The maximum atomic E-state index is 11.1. The zero-order chi connectivity index (χ0) is 13.4. The number of aromatic nitrogens is 2. The van der Waals surface area contributed by atoms with Crippen molar-refractivity contribution in [2.24, 2.45) is 0 Å².